The van der Waals surface area contributed by atoms with Crippen LogP contribution in [0.1, 0.15) is 17.5 Å². The first-order chi connectivity index (χ1) is 8.74. The van der Waals surface area contributed by atoms with Gasteiger partial charge in [-0.2, -0.15) is 0 Å². The Morgan fingerprint density at radius 1 is 1.28 bits per heavy atom. The Labute approximate surface area is 106 Å². The Hall–Kier alpha value is -2.23. The summed E-state index contributed by atoms with van der Waals surface area (Å²) in [4.78, 5) is 19.8. The molecule has 1 N–H and O–H groups in total. The van der Waals surface area contributed by atoms with Crippen molar-refractivity contribution in [2.45, 2.75) is 19.8 Å². The number of aromatic nitrogens is 2. The number of nitrogens with zero attached hydrogens (tertiary/aromatic N) is 2. The summed E-state index contributed by atoms with van der Waals surface area (Å²) in [5.41, 5.74) is 2.13. The van der Waals surface area contributed by atoms with Gasteiger partial charge in [0.05, 0.1) is 0 Å². The highest BCUT2D eigenvalue weighted by Gasteiger charge is 2.03. The van der Waals surface area contributed by atoms with Gasteiger partial charge in [-0.3, -0.25) is 9.78 Å². The second-order valence-electron chi connectivity index (χ2n) is 4.13. The minimum atomic E-state index is -0.0322. The van der Waals surface area contributed by atoms with Gasteiger partial charge in [0.2, 0.25) is 5.91 Å². The summed E-state index contributed by atoms with van der Waals surface area (Å²) >= 11 is 0. The molecule has 0 bridgehead atoms. The molecule has 2 heterocycles. The zero-order valence-electron chi connectivity index (χ0n) is 10.3. The van der Waals surface area contributed by atoms with Gasteiger partial charge in [0.15, 0.2) is 0 Å². The van der Waals surface area contributed by atoms with E-state index in [0.29, 0.717) is 18.7 Å². The molecule has 1 amide bonds. The Morgan fingerprint density at radius 3 is 2.83 bits per heavy atom. The number of amides is 1. The zero-order chi connectivity index (χ0) is 12.8. The second kappa shape index (κ2) is 5.91. The fourth-order valence-corrected chi connectivity index (χ4v) is 1.55. The summed E-state index contributed by atoms with van der Waals surface area (Å²) in [7, 11) is 0. The topological polar surface area (TPSA) is 54.9 Å². The number of carbonyl (C=O) groups excluding carboxylic acids is 1. The Bertz CT molecular complexity index is 508. The van der Waals surface area contributed by atoms with E-state index in [9.17, 15) is 4.79 Å². The Balaban J connectivity index is 1.84. The summed E-state index contributed by atoms with van der Waals surface area (Å²) in [5, 5.41) is 2.77. The van der Waals surface area contributed by atoms with E-state index in [4.69, 9.17) is 0 Å². The Kier molecular flexibility index (Phi) is 4.02. The van der Waals surface area contributed by atoms with Crippen LogP contribution in [0, 0.1) is 6.92 Å². The molecule has 0 fully saturated rings. The number of hydrogen-bond donors (Lipinski definition) is 1. The van der Waals surface area contributed by atoms with Crippen molar-refractivity contribution in [1.29, 1.82) is 0 Å². The lowest BCUT2D eigenvalue weighted by atomic mass is 10.1. The molecule has 0 saturated carbocycles. The first-order valence-corrected chi connectivity index (χ1v) is 5.85. The van der Waals surface area contributed by atoms with Crippen LogP contribution in [0.3, 0.4) is 0 Å². The van der Waals surface area contributed by atoms with Gasteiger partial charge in [0.1, 0.15) is 5.82 Å². The van der Waals surface area contributed by atoms with Crippen molar-refractivity contribution in [1.82, 2.24) is 9.97 Å². The first-order valence-electron chi connectivity index (χ1n) is 5.85. The molecule has 18 heavy (non-hydrogen) atoms. The summed E-state index contributed by atoms with van der Waals surface area (Å²) < 4.78 is 0. The Morgan fingerprint density at radius 2 is 2.17 bits per heavy atom. The first kappa shape index (κ1) is 12.2. The molecule has 2 aromatic heterocycles. The molecule has 2 aromatic rings. The maximum atomic E-state index is 11.7. The summed E-state index contributed by atoms with van der Waals surface area (Å²) in [6.07, 6.45) is 6.35. The zero-order valence-corrected chi connectivity index (χ0v) is 10.3. The lowest BCUT2D eigenvalue weighted by Gasteiger charge is -2.04. The van der Waals surface area contributed by atoms with Crippen molar-refractivity contribution in [3.8, 4) is 0 Å². The number of rotatable bonds is 4. The van der Waals surface area contributed by atoms with Crippen LogP contribution in [0.2, 0.25) is 0 Å². The fraction of sp³-hybridized carbons (Fsp3) is 0.214. The van der Waals surface area contributed by atoms with Crippen molar-refractivity contribution in [2.24, 2.45) is 0 Å². The van der Waals surface area contributed by atoms with Gasteiger partial charge in [-0.1, -0.05) is 12.1 Å². The molecule has 0 aliphatic rings. The minimum absolute atomic E-state index is 0.0322. The van der Waals surface area contributed by atoms with Gasteiger partial charge in [-0.05, 0) is 36.6 Å². The number of nitrogens with one attached hydrogen (secondary N) is 1. The molecular weight excluding hydrogens is 226 g/mol. The van der Waals surface area contributed by atoms with E-state index in [-0.39, 0.29) is 5.91 Å². The SMILES string of the molecule is Cc1ccc(NC(=O)CCc2cccnc2)nc1. The summed E-state index contributed by atoms with van der Waals surface area (Å²) in [6.45, 7) is 1.96. The average molecular weight is 241 g/mol. The number of anilines is 1. The van der Waals surface area contributed by atoms with Crippen LogP contribution in [0.4, 0.5) is 5.82 Å². The molecule has 0 saturated heterocycles. The molecule has 0 aliphatic carbocycles. The fourth-order valence-electron chi connectivity index (χ4n) is 1.55. The molecule has 0 unspecified atom stereocenters. The van der Waals surface area contributed by atoms with Gasteiger partial charge in [-0.15, -0.1) is 0 Å². The number of hydrogen-bond acceptors (Lipinski definition) is 3. The molecule has 0 radical (unpaired) electrons. The predicted molar refractivity (Wildman–Crippen MR) is 70.2 cm³/mol. The monoisotopic (exact) mass is 241 g/mol. The van der Waals surface area contributed by atoms with Gasteiger partial charge < -0.3 is 5.32 Å². The van der Waals surface area contributed by atoms with E-state index in [1.54, 1.807) is 24.7 Å². The number of carbonyl (C=O) groups is 1. The van der Waals surface area contributed by atoms with Crippen molar-refractivity contribution in [3.05, 3.63) is 54.0 Å². The van der Waals surface area contributed by atoms with Crippen molar-refractivity contribution in [2.75, 3.05) is 5.32 Å². The average Bonchev–Trinajstić information content (AvgIpc) is 2.40. The highest BCUT2D eigenvalue weighted by Crippen LogP contribution is 2.06. The molecule has 0 aromatic carbocycles. The van der Waals surface area contributed by atoms with Crippen LogP contribution in [0.25, 0.3) is 0 Å². The van der Waals surface area contributed by atoms with E-state index in [0.717, 1.165) is 11.1 Å². The van der Waals surface area contributed by atoms with Crippen LogP contribution in [-0.4, -0.2) is 15.9 Å². The standard InChI is InChI=1S/C14H15N3O/c1-11-4-6-13(16-9-11)17-14(18)7-5-12-3-2-8-15-10-12/h2-4,6,8-10H,5,7H2,1H3,(H,16,17,18). The van der Waals surface area contributed by atoms with Crippen molar-refractivity contribution < 1.29 is 4.79 Å². The highest BCUT2D eigenvalue weighted by molar-refractivity contribution is 5.89. The van der Waals surface area contributed by atoms with E-state index in [1.807, 2.05) is 25.1 Å². The second-order valence-corrected chi connectivity index (χ2v) is 4.13. The van der Waals surface area contributed by atoms with Crippen LogP contribution in [-0.2, 0) is 11.2 Å². The lowest BCUT2D eigenvalue weighted by Crippen LogP contribution is -2.13. The maximum Gasteiger partial charge on any atom is 0.225 e. The highest BCUT2D eigenvalue weighted by atomic mass is 16.1. The van der Waals surface area contributed by atoms with E-state index < -0.39 is 0 Å². The van der Waals surface area contributed by atoms with Crippen LogP contribution in [0.15, 0.2) is 42.9 Å². The predicted octanol–water partition coefficient (Wildman–Crippen LogP) is 2.36. The normalized spacial score (nSPS) is 10.1. The van der Waals surface area contributed by atoms with E-state index in [2.05, 4.69) is 15.3 Å². The summed E-state index contributed by atoms with van der Waals surface area (Å²) in [6, 6.07) is 7.56. The third kappa shape index (κ3) is 3.66. The minimum Gasteiger partial charge on any atom is -0.311 e. The maximum absolute atomic E-state index is 11.7. The molecular formula is C14H15N3O. The lowest BCUT2D eigenvalue weighted by molar-refractivity contribution is -0.116. The number of pyridine rings is 2. The molecule has 0 atom stereocenters. The molecule has 4 nitrogen and oxygen atoms in total. The smallest absolute Gasteiger partial charge is 0.225 e. The molecule has 92 valence electrons. The largest absolute Gasteiger partial charge is 0.311 e. The van der Waals surface area contributed by atoms with Gasteiger partial charge >= 0.3 is 0 Å². The van der Waals surface area contributed by atoms with Crippen LogP contribution >= 0.6 is 0 Å². The van der Waals surface area contributed by atoms with Crippen LogP contribution in [0.5, 0.6) is 0 Å². The molecule has 0 spiro atoms. The van der Waals surface area contributed by atoms with E-state index >= 15 is 0 Å². The van der Waals surface area contributed by atoms with Crippen molar-refractivity contribution in [3.63, 3.8) is 0 Å². The third-order valence-corrected chi connectivity index (χ3v) is 2.54. The van der Waals surface area contributed by atoms with E-state index in [1.165, 1.54) is 0 Å². The number of aryl methyl sites for hydroxylation is 2. The van der Waals surface area contributed by atoms with Gasteiger partial charge in [0.25, 0.3) is 0 Å². The molecule has 0 aliphatic heterocycles. The van der Waals surface area contributed by atoms with Gasteiger partial charge in [0, 0.05) is 25.0 Å². The van der Waals surface area contributed by atoms with Crippen molar-refractivity contribution >= 4 is 11.7 Å². The molecule has 2 rings (SSSR count). The third-order valence-electron chi connectivity index (χ3n) is 2.54. The summed E-state index contributed by atoms with van der Waals surface area (Å²) in [5.74, 6) is 0.562. The van der Waals surface area contributed by atoms with Crippen LogP contribution < -0.4 is 5.32 Å². The van der Waals surface area contributed by atoms with Gasteiger partial charge in [-0.25, -0.2) is 4.98 Å². The molecule has 4 heteroatoms. The quantitative estimate of drug-likeness (QED) is 0.894.